The van der Waals surface area contributed by atoms with Crippen LogP contribution in [0.15, 0.2) is 10.9 Å². The van der Waals surface area contributed by atoms with Crippen LogP contribution in [-0.2, 0) is 22.6 Å². The van der Waals surface area contributed by atoms with E-state index in [9.17, 15) is 27.2 Å². The number of hydrogen-bond acceptors (Lipinski definition) is 4. The van der Waals surface area contributed by atoms with Crippen LogP contribution in [0.2, 0.25) is 0 Å². The molecule has 0 bridgehead atoms. The van der Waals surface area contributed by atoms with E-state index in [2.05, 4.69) is 9.47 Å². The van der Waals surface area contributed by atoms with Crippen molar-refractivity contribution in [2.24, 2.45) is 0 Å². The third-order valence-electron chi connectivity index (χ3n) is 2.06. The Kier molecular flexibility index (Phi) is 4.52. The first-order valence-electron chi connectivity index (χ1n) is 4.90. The molecule has 1 aromatic heterocycles. The van der Waals surface area contributed by atoms with Crippen molar-refractivity contribution in [1.82, 2.24) is 4.98 Å². The summed E-state index contributed by atoms with van der Waals surface area (Å²) in [6.45, 7) is -1.34. The van der Waals surface area contributed by atoms with Crippen LogP contribution >= 0.6 is 0 Å². The zero-order chi connectivity index (χ0) is 14.6. The Bertz CT molecular complexity index is 523. The van der Waals surface area contributed by atoms with E-state index in [0.29, 0.717) is 6.07 Å². The lowest BCUT2D eigenvalue weighted by atomic mass is 10.1. The molecule has 0 unspecified atom stereocenters. The Hall–Kier alpha value is -2.06. The second-order valence-electron chi connectivity index (χ2n) is 3.40. The first kappa shape index (κ1) is 15.0. The number of methoxy groups -OCH3 is 1. The van der Waals surface area contributed by atoms with E-state index in [4.69, 9.17) is 0 Å². The molecule has 0 amide bonds. The van der Waals surface area contributed by atoms with Crippen molar-refractivity contribution in [3.63, 3.8) is 0 Å². The van der Waals surface area contributed by atoms with Crippen LogP contribution in [0.3, 0.4) is 0 Å². The average Bonchev–Trinajstić information content (AvgIpc) is 2.30. The summed E-state index contributed by atoms with van der Waals surface area (Å²) >= 11 is 0. The van der Waals surface area contributed by atoms with Gasteiger partial charge in [-0.05, 0) is 0 Å². The lowest BCUT2D eigenvalue weighted by Crippen LogP contribution is -2.23. The summed E-state index contributed by atoms with van der Waals surface area (Å²) in [5.74, 6) is -1.83. The third kappa shape index (κ3) is 4.27. The molecule has 0 aliphatic carbocycles. The molecule has 106 valence electrons. The van der Waals surface area contributed by atoms with E-state index in [1.54, 1.807) is 0 Å². The minimum Gasteiger partial charge on any atom is -0.469 e. The van der Waals surface area contributed by atoms with Gasteiger partial charge in [0.2, 0.25) is 5.56 Å². The van der Waals surface area contributed by atoms with Crippen molar-refractivity contribution in [3.05, 3.63) is 27.7 Å². The van der Waals surface area contributed by atoms with E-state index in [1.165, 1.54) is 0 Å². The highest BCUT2D eigenvalue weighted by Crippen LogP contribution is 2.29. The van der Waals surface area contributed by atoms with E-state index in [0.717, 1.165) is 7.11 Å². The monoisotopic (exact) mass is 283 g/mol. The first-order valence-corrected chi connectivity index (χ1v) is 4.90. The van der Waals surface area contributed by atoms with Crippen LogP contribution in [0.4, 0.5) is 17.6 Å². The molecule has 1 N–H and O–H groups in total. The molecule has 9 heteroatoms. The fraction of sp³-hybridized carbons (Fsp3) is 0.400. The summed E-state index contributed by atoms with van der Waals surface area (Å²) in [5.41, 5.74) is -1.94. The van der Waals surface area contributed by atoms with Crippen LogP contribution in [0.5, 0.6) is 5.75 Å². The lowest BCUT2D eigenvalue weighted by molar-refractivity contribution is -0.275. The second kappa shape index (κ2) is 5.72. The quantitative estimate of drug-likeness (QED) is 0.671. The van der Waals surface area contributed by atoms with Crippen LogP contribution in [0, 0.1) is 0 Å². The molecule has 1 aromatic rings. The van der Waals surface area contributed by atoms with Crippen molar-refractivity contribution in [2.45, 2.75) is 19.5 Å². The molecular weight excluding hydrogens is 274 g/mol. The molecule has 0 aliphatic rings. The van der Waals surface area contributed by atoms with Crippen molar-refractivity contribution in [3.8, 4) is 5.75 Å². The SMILES string of the molecule is COC(=O)Cc1[nH]c(=O)cc(CF)c1OC(F)(F)F. The number of pyridine rings is 1. The molecule has 0 aromatic carbocycles. The van der Waals surface area contributed by atoms with Gasteiger partial charge in [0, 0.05) is 11.6 Å². The van der Waals surface area contributed by atoms with Crippen LogP contribution in [0.25, 0.3) is 0 Å². The van der Waals surface area contributed by atoms with Gasteiger partial charge in [0.05, 0.1) is 19.2 Å². The number of rotatable bonds is 4. The molecular formula is C10H9F4NO4. The summed E-state index contributed by atoms with van der Waals surface area (Å²) in [4.78, 5) is 24.2. The molecule has 0 saturated carbocycles. The highest BCUT2D eigenvalue weighted by molar-refractivity contribution is 5.72. The molecule has 5 nitrogen and oxygen atoms in total. The van der Waals surface area contributed by atoms with Crippen LogP contribution in [0.1, 0.15) is 11.3 Å². The molecule has 0 atom stereocenters. The number of halogens is 4. The highest BCUT2D eigenvalue weighted by atomic mass is 19.4. The predicted octanol–water partition coefficient (Wildman–Crippen LogP) is 1.46. The maximum Gasteiger partial charge on any atom is 0.573 e. The van der Waals surface area contributed by atoms with Gasteiger partial charge in [-0.2, -0.15) is 0 Å². The minimum absolute atomic E-state index is 0.496. The number of carbonyl (C=O) groups is 1. The Morgan fingerprint density at radius 2 is 2.05 bits per heavy atom. The van der Waals surface area contributed by atoms with Crippen molar-refractivity contribution in [1.29, 1.82) is 0 Å². The molecule has 0 fully saturated rings. The van der Waals surface area contributed by atoms with Crippen molar-refractivity contribution in [2.75, 3.05) is 7.11 Å². The van der Waals surface area contributed by atoms with Gasteiger partial charge < -0.3 is 14.5 Å². The third-order valence-corrected chi connectivity index (χ3v) is 2.06. The number of alkyl halides is 4. The molecule has 1 heterocycles. The van der Waals surface area contributed by atoms with Gasteiger partial charge in [-0.1, -0.05) is 0 Å². The molecule has 0 aliphatic heterocycles. The zero-order valence-electron chi connectivity index (χ0n) is 9.64. The molecule has 0 radical (unpaired) electrons. The molecule has 1 rings (SSSR count). The topological polar surface area (TPSA) is 68.4 Å². The summed E-state index contributed by atoms with van der Waals surface area (Å²) < 4.78 is 57.1. The summed E-state index contributed by atoms with van der Waals surface area (Å²) in [5, 5.41) is 0. The van der Waals surface area contributed by atoms with Gasteiger partial charge in [-0.25, -0.2) is 4.39 Å². The molecule has 0 spiro atoms. The lowest BCUT2D eigenvalue weighted by Gasteiger charge is -2.15. The Morgan fingerprint density at radius 1 is 1.42 bits per heavy atom. The van der Waals surface area contributed by atoms with Gasteiger partial charge >= 0.3 is 12.3 Å². The van der Waals surface area contributed by atoms with E-state index >= 15 is 0 Å². The largest absolute Gasteiger partial charge is 0.573 e. The van der Waals surface area contributed by atoms with Crippen molar-refractivity contribution >= 4 is 5.97 Å². The van der Waals surface area contributed by atoms with Gasteiger partial charge in [-0.15, -0.1) is 13.2 Å². The van der Waals surface area contributed by atoms with E-state index in [-0.39, 0.29) is 0 Å². The van der Waals surface area contributed by atoms with Gasteiger partial charge in [0.1, 0.15) is 6.67 Å². The Morgan fingerprint density at radius 3 is 2.53 bits per heavy atom. The number of esters is 1. The highest BCUT2D eigenvalue weighted by Gasteiger charge is 2.34. The summed E-state index contributed by atoms with van der Waals surface area (Å²) in [7, 11) is 1.02. The zero-order valence-corrected chi connectivity index (χ0v) is 9.64. The number of hydrogen-bond donors (Lipinski definition) is 1. The van der Waals surface area contributed by atoms with Gasteiger partial charge in [-0.3, -0.25) is 9.59 Å². The fourth-order valence-corrected chi connectivity index (χ4v) is 1.34. The standard InChI is InChI=1S/C10H9F4NO4/c1-18-8(17)3-6-9(19-10(12,13)14)5(4-11)2-7(16)15-6/h2H,3-4H2,1H3,(H,15,16). The number of aromatic amines is 1. The number of aromatic nitrogens is 1. The fourth-order valence-electron chi connectivity index (χ4n) is 1.34. The number of carbonyl (C=O) groups excluding carboxylic acids is 1. The van der Waals surface area contributed by atoms with Gasteiger partial charge in [0.25, 0.3) is 0 Å². The molecule has 19 heavy (non-hydrogen) atoms. The molecule has 0 saturated heterocycles. The maximum atomic E-state index is 12.6. The predicted molar refractivity (Wildman–Crippen MR) is 54.3 cm³/mol. The van der Waals surface area contributed by atoms with Crippen LogP contribution in [-0.4, -0.2) is 24.4 Å². The summed E-state index contributed by atoms with van der Waals surface area (Å²) in [6.07, 6.45) is -5.75. The Balaban J connectivity index is 3.29. The average molecular weight is 283 g/mol. The first-order chi connectivity index (χ1) is 8.76. The number of ether oxygens (including phenoxy) is 2. The van der Waals surface area contributed by atoms with E-state index < -0.39 is 48.0 Å². The number of nitrogens with one attached hydrogen (secondary N) is 1. The smallest absolute Gasteiger partial charge is 0.469 e. The van der Waals surface area contributed by atoms with Crippen molar-refractivity contribution < 1.29 is 31.8 Å². The second-order valence-corrected chi connectivity index (χ2v) is 3.40. The maximum absolute atomic E-state index is 12.6. The van der Waals surface area contributed by atoms with Gasteiger partial charge in [0.15, 0.2) is 5.75 Å². The normalized spacial score (nSPS) is 11.2. The van der Waals surface area contributed by atoms with Crippen LogP contribution < -0.4 is 10.3 Å². The minimum atomic E-state index is -5.08. The Labute approximate surface area is 104 Å². The van der Waals surface area contributed by atoms with E-state index in [1.807, 2.05) is 4.98 Å². The number of H-pyrrole nitrogens is 1. The summed E-state index contributed by atoms with van der Waals surface area (Å²) in [6, 6.07) is 0.627.